The standard InChI is InChI=1S/C11H7ClN2/c12-8-5-6-13-11-10(8)7-3-1-2-4-9(7)14-11/h1-6H,(H,13,14). The third kappa shape index (κ3) is 0.946. The van der Waals surface area contributed by atoms with Crippen molar-refractivity contribution in [1.29, 1.82) is 0 Å². The van der Waals surface area contributed by atoms with E-state index in [2.05, 4.69) is 9.97 Å². The third-order valence-electron chi connectivity index (χ3n) is 2.35. The largest absolute Gasteiger partial charge is 0.339 e. The topological polar surface area (TPSA) is 28.7 Å². The van der Waals surface area contributed by atoms with Crippen LogP contribution in [0.2, 0.25) is 5.02 Å². The van der Waals surface area contributed by atoms with Gasteiger partial charge in [-0.25, -0.2) is 4.98 Å². The number of rotatable bonds is 0. The average Bonchev–Trinajstić information content (AvgIpc) is 2.57. The Morgan fingerprint density at radius 1 is 1.14 bits per heavy atom. The van der Waals surface area contributed by atoms with Gasteiger partial charge in [-0.05, 0) is 12.1 Å². The minimum atomic E-state index is 0.743. The van der Waals surface area contributed by atoms with Crippen LogP contribution in [0.5, 0.6) is 0 Å². The first-order chi connectivity index (χ1) is 6.86. The highest BCUT2D eigenvalue weighted by molar-refractivity contribution is 6.37. The molecule has 1 N–H and O–H groups in total. The Labute approximate surface area is 85.5 Å². The van der Waals surface area contributed by atoms with E-state index in [1.807, 2.05) is 30.3 Å². The molecule has 0 aliphatic rings. The second-order valence-corrected chi connectivity index (χ2v) is 3.59. The molecule has 2 heterocycles. The first-order valence-corrected chi connectivity index (χ1v) is 4.75. The molecule has 0 amide bonds. The van der Waals surface area contributed by atoms with Crippen LogP contribution in [-0.4, -0.2) is 9.97 Å². The molecule has 0 radical (unpaired) electrons. The lowest BCUT2D eigenvalue weighted by molar-refractivity contribution is 1.35. The molecule has 0 aliphatic heterocycles. The Kier molecular flexibility index (Phi) is 1.52. The number of hydrogen-bond donors (Lipinski definition) is 1. The lowest BCUT2D eigenvalue weighted by Crippen LogP contribution is -1.74. The fourth-order valence-electron chi connectivity index (χ4n) is 1.73. The molecule has 3 heteroatoms. The number of nitrogens with one attached hydrogen (secondary N) is 1. The van der Waals surface area contributed by atoms with Crippen molar-refractivity contribution < 1.29 is 0 Å². The van der Waals surface area contributed by atoms with Crippen LogP contribution in [0.15, 0.2) is 36.5 Å². The Morgan fingerprint density at radius 3 is 2.93 bits per heavy atom. The van der Waals surface area contributed by atoms with Gasteiger partial charge in [-0.2, -0.15) is 0 Å². The molecule has 68 valence electrons. The zero-order chi connectivity index (χ0) is 9.54. The molecule has 0 saturated carbocycles. The lowest BCUT2D eigenvalue weighted by atomic mass is 10.2. The van der Waals surface area contributed by atoms with E-state index in [1.54, 1.807) is 6.20 Å². The van der Waals surface area contributed by atoms with Crippen LogP contribution in [0, 0.1) is 0 Å². The fourth-order valence-corrected chi connectivity index (χ4v) is 1.97. The predicted octanol–water partition coefficient (Wildman–Crippen LogP) is 3.37. The summed E-state index contributed by atoms with van der Waals surface area (Å²) in [6.07, 6.45) is 1.71. The van der Waals surface area contributed by atoms with E-state index in [9.17, 15) is 0 Å². The van der Waals surface area contributed by atoms with Crippen molar-refractivity contribution in [3.8, 4) is 0 Å². The summed E-state index contributed by atoms with van der Waals surface area (Å²) in [4.78, 5) is 7.46. The highest BCUT2D eigenvalue weighted by atomic mass is 35.5. The summed E-state index contributed by atoms with van der Waals surface area (Å²) in [6, 6.07) is 9.86. The first-order valence-electron chi connectivity index (χ1n) is 4.37. The van der Waals surface area contributed by atoms with Crippen molar-refractivity contribution in [3.05, 3.63) is 41.6 Å². The van der Waals surface area contributed by atoms with E-state index in [1.165, 1.54) is 0 Å². The van der Waals surface area contributed by atoms with Crippen LogP contribution in [0.25, 0.3) is 21.9 Å². The van der Waals surface area contributed by atoms with Crippen LogP contribution in [0.1, 0.15) is 0 Å². The second kappa shape index (κ2) is 2.72. The van der Waals surface area contributed by atoms with E-state index >= 15 is 0 Å². The molecule has 0 saturated heterocycles. The van der Waals surface area contributed by atoms with Crippen LogP contribution >= 0.6 is 11.6 Å². The summed E-state index contributed by atoms with van der Waals surface area (Å²) in [5.74, 6) is 0. The van der Waals surface area contributed by atoms with E-state index in [0.29, 0.717) is 0 Å². The molecule has 0 unspecified atom stereocenters. The molecular formula is C11H7ClN2. The molecule has 0 bridgehead atoms. The summed E-state index contributed by atoms with van der Waals surface area (Å²) in [5, 5.41) is 2.87. The molecule has 0 spiro atoms. The van der Waals surface area contributed by atoms with Crippen LogP contribution in [0.3, 0.4) is 0 Å². The Balaban J connectivity index is 2.65. The quantitative estimate of drug-likeness (QED) is 0.595. The van der Waals surface area contributed by atoms with Gasteiger partial charge in [0.1, 0.15) is 5.65 Å². The summed E-state index contributed by atoms with van der Waals surface area (Å²) in [5.41, 5.74) is 1.92. The summed E-state index contributed by atoms with van der Waals surface area (Å²) in [6.45, 7) is 0. The number of nitrogens with zero attached hydrogens (tertiary/aromatic N) is 1. The number of H-pyrrole nitrogens is 1. The molecule has 3 aromatic rings. The molecular weight excluding hydrogens is 196 g/mol. The van der Waals surface area contributed by atoms with Crippen molar-refractivity contribution in [2.75, 3.05) is 0 Å². The third-order valence-corrected chi connectivity index (χ3v) is 2.66. The molecule has 1 aromatic carbocycles. The molecule has 2 nitrogen and oxygen atoms in total. The lowest BCUT2D eigenvalue weighted by Gasteiger charge is -1.92. The normalized spacial score (nSPS) is 11.2. The van der Waals surface area contributed by atoms with E-state index < -0.39 is 0 Å². The number of hydrogen-bond acceptors (Lipinski definition) is 1. The molecule has 0 atom stereocenters. The Bertz CT molecular complexity index is 613. The smallest absolute Gasteiger partial charge is 0.139 e. The Hall–Kier alpha value is -1.54. The summed E-state index contributed by atoms with van der Waals surface area (Å²) < 4.78 is 0. The van der Waals surface area contributed by atoms with Crippen molar-refractivity contribution in [3.63, 3.8) is 0 Å². The van der Waals surface area contributed by atoms with Gasteiger partial charge in [0.05, 0.1) is 5.02 Å². The van der Waals surface area contributed by atoms with Gasteiger partial charge < -0.3 is 4.98 Å². The number of aromatic amines is 1. The number of fused-ring (bicyclic) bond motifs is 3. The second-order valence-electron chi connectivity index (χ2n) is 3.19. The van der Waals surface area contributed by atoms with Crippen molar-refractivity contribution in [2.24, 2.45) is 0 Å². The zero-order valence-electron chi connectivity index (χ0n) is 7.29. The van der Waals surface area contributed by atoms with E-state index in [4.69, 9.17) is 11.6 Å². The minimum Gasteiger partial charge on any atom is -0.339 e. The van der Waals surface area contributed by atoms with Crippen molar-refractivity contribution >= 4 is 33.5 Å². The average molecular weight is 203 g/mol. The highest BCUT2D eigenvalue weighted by Crippen LogP contribution is 2.29. The number of aromatic nitrogens is 2. The Morgan fingerprint density at radius 2 is 2.00 bits per heavy atom. The van der Waals surface area contributed by atoms with Gasteiger partial charge >= 0.3 is 0 Å². The van der Waals surface area contributed by atoms with Gasteiger partial charge in [0.25, 0.3) is 0 Å². The minimum absolute atomic E-state index is 0.743. The maximum atomic E-state index is 6.12. The van der Waals surface area contributed by atoms with Gasteiger partial charge in [-0.1, -0.05) is 29.8 Å². The highest BCUT2D eigenvalue weighted by Gasteiger charge is 2.06. The monoisotopic (exact) mass is 202 g/mol. The first kappa shape index (κ1) is 7.83. The van der Waals surface area contributed by atoms with Crippen LogP contribution < -0.4 is 0 Å². The van der Waals surface area contributed by atoms with Crippen molar-refractivity contribution in [2.45, 2.75) is 0 Å². The van der Waals surface area contributed by atoms with Crippen LogP contribution in [0.4, 0.5) is 0 Å². The number of para-hydroxylation sites is 1. The SMILES string of the molecule is Clc1ccnc2[nH]c3ccccc3c12. The molecule has 0 aliphatic carbocycles. The van der Waals surface area contributed by atoms with Gasteiger partial charge in [0.15, 0.2) is 0 Å². The molecule has 0 fully saturated rings. The van der Waals surface area contributed by atoms with Crippen LogP contribution in [-0.2, 0) is 0 Å². The fraction of sp³-hybridized carbons (Fsp3) is 0. The van der Waals surface area contributed by atoms with E-state index in [0.717, 1.165) is 27.0 Å². The maximum absolute atomic E-state index is 6.12. The van der Waals surface area contributed by atoms with Gasteiger partial charge in [-0.3, -0.25) is 0 Å². The van der Waals surface area contributed by atoms with Crippen molar-refractivity contribution in [1.82, 2.24) is 9.97 Å². The van der Waals surface area contributed by atoms with E-state index in [-0.39, 0.29) is 0 Å². The number of pyridine rings is 1. The summed E-state index contributed by atoms with van der Waals surface area (Å²) in [7, 11) is 0. The zero-order valence-corrected chi connectivity index (χ0v) is 8.05. The maximum Gasteiger partial charge on any atom is 0.139 e. The number of halogens is 1. The molecule has 14 heavy (non-hydrogen) atoms. The predicted molar refractivity (Wildman–Crippen MR) is 58.6 cm³/mol. The molecule has 2 aromatic heterocycles. The van der Waals surface area contributed by atoms with Gasteiger partial charge in [0.2, 0.25) is 0 Å². The summed E-state index contributed by atoms with van der Waals surface area (Å²) >= 11 is 6.12. The molecule has 3 rings (SSSR count). The van der Waals surface area contributed by atoms with Gasteiger partial charge in [0, 0.05) is 22.5 Å². The van der Waals surface area contributed by atoms with Gasteiger partial charge in [-0.15, -0.1) is 0 Å². The number of benzene rings is 1.